The molecule has 1 rings (SSSR count). The van der Waals surface area contributed by atoms with E-state index in [0.717, 1.165) is 18.7 Å². The van der Waals surface area contributed by atoms with Crippen molar-refractivity contribution < 1.29 is 4.79 Å². The van der Waals surface area contributed by atoms with Crippen LogP contribution in [0.2, 0.25) is 0 Å². The standard InChI is InChI=1S/C25H44N2O/c1-2-3-4-5-6-7-8-9-10-11-12-13-14-15-16-20-23-27(25(26)28)24-21-18-17-19-22-24/h17-19,21-22H,2-16,20,23H2,1H3,(H2,26,28). The number of amides is 2. The van der Waals surface area contributed by atoms with Gasteiger partial charge >= 0.3 is 6.03 Å². The normalized spacial score (nSPS) is 10.9. The van der Waals surface area contributed by atoms with Crippen molar-refractivity contribution in [3.05, 3.63) is 30.3 Å². The molecular weight excluding hydrogens is 344 g/mol. The summed E-state index contributed by atoms with van der Waals surface area (Å²) in [4.78, 5) is 13.3. The molecule has 0 fully saturated rings. The number of benzene rings is 1. The van der Waals surface area contributed by atoms with Gasteiger partial charge in [0.25, 0.3) is 0 Å². The molecule has 1 aromatic rings. The van der Waals surface area contributed by atoms with E-state index in [1.807, 2.05) is 30.3 Å². The summed E-state index contributed by atoms with van der Waals surface area (Å²) < 4.78 is 0. The Hall–Kier alpha value is -1.51. The Morgan fingerprint density at radius 2 is 1.07 bits per heavy atom. The summed E-state index contributed by atoms with van der Waals surface area (Å²) in [5.41, 5.74) is 6.42. The lowest BCUT2D eigenvalue weighted by molar-refractivity contribution is 0.253. The van der Waals surface area contributed by atoms with Crippen LogP contribution in [0.15, 0.2) is 30.3 Å². The zero-order valence-electron chi connectivity index (χ0n) is 18.3. The number of carbonyl (C=O) groups excluding carboxylic acids is 1. The van der Waals surface area contributed by atoms with E-state index in [4.69, 9.17) is 5.73 Å². The quantitative estimate of drug-likeness (QED) is 0.256. The zero-order valence-corrected chi connectivity index (χ0v) is 18.3. The van der Waals surface area contributed by atoms with E-state index in [0.29, 0.717) is 0 Å². The molecule has 0 aliphatic carbocycles. The van der Waals surface area contributed by atoms with Gasteiger partial charge in [-0.25, -0.2) is 4.79 Å². The van der Waals surface area contributed by atoms with E-state index >= 15 is 0 Å². The Kier molecular flexibility index (Phi) is 15.4. The number of urea groups is 1. The number of hydrogen-bond acceptors (Lipinski definition) is 1. The summed E-state index contributed by atoms with van der Waals surface area (Å²) in [5, 5.41) is 0. The molecule has 0 saturated heterocycles. The van der Waals surface area contributed by atoms with Crippen LogP contribution < -0.4 is 10.6 Å². The van der Waals surface area contributed by atoms with Crippen LogP contribution in [0.5, 0.6) is 0 Å². The highest BCUT2D eigenvalue weighted by atomic mass is 16.2. The van der Waals surface area contributed by atoms with Crippen molar-refractivity contribution in [1.29, 1.82) is 0 Å². The fourth-order valence-corrected chi connectivity index (χ4v) is 3.79. The molecule has 3 heteroatoms. The minimum absolute atomic E-state index is 0.354. The van der Waals surface area contributed by atoms with Gasteiger partial charge in [-0.1, -0.05) is 121 Å². The Morgan fingerprint density at radius 1 is 0.679 bits per heavy atom. The maximum absolute atomic E-state index is 11.6. The van der Waals surface area contributed by atoms with Crippen molar-refractivity contribution in [2.75, 3.05) is 11.4 Å². The first-order chi connectivity index (χ1) is 13.8. The Balaban J connectivity index is 1.88. The minimum atomic E-state index is -0.354. The first kappa shape index (κ1) is 24.5. The maximum Gasteiger partial charge on any atom is 0.319 e. The van der Waals surface area contributed by atoms with Gasteiger partial charge < -0.3 is 5.73 Å². The molecule has 0 spiro atoms. The number of nitrogens with zero attached hydrogens (tertiary/aromatic N) is 1. The van der Waals surface area contributed by atoms with Crippen molar-refractivity contribution in [2.45, 2.75) is 110 Å². The number of para-hydroxylation sites is 1. The highest BCUT2D eigenvalue weighted by Gasteiger charge is 2.10. The van der Waals surface area contributed by atoms with Gasteiger partial charge in [-0.15, -0.1) is 0 Å². The van der Waals surface area contributed by atoms with Crippen LogP contribution in [0.4, 0.5) is 10.5 Å². The number of primary amides is 1. The predicted octanol–water partition coefficient (Wildman–Crippen LogP) is 7.83. The molecule has 0 atom stereocenters. The van der Waals surface area contributed by atoms with Crippen molar-refractivity contribution in [3.8, 4) is 0 Å². The van der Waals surface area contributed by atoms with Crippen molar-refractivity contribution in [2.24, 2.45) is 5.73 Å². The molecule has 1 aromatic carbocycles. The highest BCUT2D eigenvalue weighted by Crippen LogP contribution is 2.16. The van der Waals surface area contributed by atoms with Gasteiger partial charge in [0.2, 0.25) is 0 Å². The number of hydrogen-bond donors (Lipinski definition) is 1. The van der Waals surface area contributed by atoms with Gasteiger partial charge in [-0.05, 0) is 18.6 Å². The second-order valence-corrected chi connectivity index (χ2v) is 8.13. The van der Waals surface area contributed by atoms with Crippen molar-refractivity contribution in [3.63, 3.8) is 0 Å². The summed E-state index contributed by atoms with van der Waals surface area (Å²) in [7, 11) is 0. The third-order valence-electron chi connectivity index (χ3n) is 5.57. The first-order valence-electron chi connectivity index (χ1n) is 11.9. The Morgan fingerprint density at radius 3 is 1.46 bits per heavy atom. The summed E-state index contributed by atoms with van der Waals surface area (Å²) in [6.07, 6.45) is 21.7. The van der Waals surface area contributed by atoms with Crippen LogP contribution in [-0.2, 0) is 0 Å². The molecule has 0 bridgehead atoms. The van der Waals surface area contributed by atoms with E-state index in [1.165, 1.54) is 96.3 Å². The second kappa shape index (κ2) is 17.6. The minimum Gasteiger partial charge on any atom is -0.351 e. The third-order valence-corrected chi connectivity index (χ3v) is 5.57. The molecule has 2 N–H and O–H groups in total. The molecule has 0 heterocycles. The van der Waals surface area contributed by atoms with Gasteiger partial charge in [0, 0.05) is 12.2 Å². The molecule has 0 aliphatic rings. The van der Waals surface area contributed by atoms with Gasteiger partial charge in [0.15, 0.2) is 0 Å². The Labute approximate surface area is 174 Å². The van der Waals surface area contributed by atoms with Crippen LogP contribution in [0.3, 0.4) is 0 Å². The molecule has 0 unspecified atom stereocenters. The lowest BCUT2D eigenvalue weighted by Crippen LogP contribution is -2.36. The number of carbonyl (C=O) groups is 1. The lowest BCUT2D eigenvalue weighted by Gasteiger charge is -2.20. The summed E-state index contributed by atoms with van der Waals surface area (Å²) >= 11 is 0. The monoisotopic (exact) mass is 388 g/mol. The molecule has 28 heavy (non-hydrogen) atoms. The van der Waals surface area contributed by atoms with Crippen LogP contribution in [0, 0.1) is 0 Å². The number of nitrogens with two attached hydrogens (primary N) is 1. The molecule has 3 nitrogen and oxygen atoms in total. The summed E-state index contributed by atoms with van der Waals surface area (Å²) in [6, 6.07) is 9.37. The van der Waals surface area contributed by atoms with Crippen LogP contribution in [0.25, 0.3) is 0 Å². The molecule has 0 radical (unpaired) electrons. The van der Waals surface area contributed by atoms with E-state index in [2.05, 4.69) is 6.92 Å². The van der Waals surface area contributed by atoms with Crippen molar-refractivity contribution in [1.82, 2.24) is 0 Å². The fourth-order valence-electron chi connectivity index (χ4n) is 3.79. The summed E-state index contributed by atoms with van der Waals surface area (Å²) in [6.45, 7) is 3.00. The molecule has 0 aromatic heterocycles. The average molecular weight is 389 g/mol. The van der Waals surface area contributed by atoms with Gasteiger partial charge in [-0.2, -0.15) is 0 Å². The Bertz CT molecular complexity index is 475. The molecule has 160 valence electrons. The zero-order chi connectivity index (χ0) is 20.3. The van der Waals surface area contributed by atoms with Crippen molar-refractivity contribution >= 4 is 11.7 Å². The van der Waals surface area contributed by atoms with Crippen LogP contribution in [-0.4, -0.2) is 12.6 Å². The van der Waals surface area contributed by atoms with Gasteiger partial charge in [0.05, 0.1) is 0 Å². The van der Waals surface area contributed by atoms with Gasteiger partial charge in [0.1, 0.15) is 0 Å². The predicted molar refractivity (Wildman–Crippen MR) is 123 cm³/mol. The van der Waals surface area contributed by atoms with E-state index in [9.17, 15) is 4.79 Å². The van der Waals surface area contributed by atoms with E-state index in [-0.39, 0.29) is 6.03 Å². The van der Waals surface area contributed by atoms with E-state index in [1.54, 1.807) is 4.90 Å². The third kappa shape index (κ3) is 12.8. The largest absolute Gasteiger partial charge is 0.351 e. The lowest BCUT2D eigenvalue weighted by atomic mass is 10.0. The highest BCUT2D eigenvalue weighted by molar-refractivity contribution is 5.90. The van der Waals surface area contributed by atoms with E-state index < -0.39 is 0 Å². The fraction of sp³-hybridized carbons (Fsp3) is 0.720. The average Bonchev–Trinajstić information content (AvgIpc) is 2.70. The number of unbranched alkanes of at least 4 members (excludes halogenated alkanes) is 15. The summed E-state index contributed by atoms with van der Waals surface area (Å²) in [5.74, 6) is 0. The molecular formula is C25H44N2O. The second-order valence-electron chi connectivity index (χ2n) is 8.13. The molecule has 0 saturated carbocycles. The van der Waals surface area contributed by atoms with Gasteiger partial charge in [-0.3, -0.25) is 4.90 Å². The number of rotatable bonds is 18. The smallest absolute Gasteiger partial charge is 0.319 e. The molecule has 2 amide bonds. The number of anilines is 1. The first-order valence-corrected chi connectivity index (χ1v) is 11.9. The SMILES string of the molecule is CCCCCCCCCCCCCCCCCCN(C(N)=O)c1ccccc1. The molecule has 0 aliphatic heterocycles. The maximum atomic E-state index is 11.6. The topological polar surface area (TPSA) is 46.3 Å². The van der Waals surface area contributed by atoms with Crippen LogP contribution >= 0.6 is 0 Å². The van der Waals surface area contributed by atoms with Crippen LogP contribution in [0.1, 0.15) is 110 Å².